The molecule has 0 aromatic carbocycles. The van der Waals surface area contributed by atoms with Crippen molar-refractivity contribution in [2.24, 2.45) is 0 Å². The smallest absolute Gasteiger partial charge is 0.134 e. The highest BCUT2D eigenvalue weighted by Gasteiger charge is 2.11. The minimum atomic E-state index is 0.131. The van der Waals surface area contributed by atoms with Gasteiger partial charge in [0, 0.05) is 25.1 Å². The molecule has 1 N–H and O–H groups in total. The molecule has 0 atom stereocenters. The molecule has 90 valence electrons. The number of likely N-dealkylation sites (N-methyl/N-ethyl adjacent to an activating group) is 1. The van der Waals surface area contributed by atoms with Crippen molar-refractivity contribution in [3.63, 3.8) is 0 Å². The third-order valence-electron chi connectivity index (χ3n) is 2.29. The molecule has 5 heteroatoms. The van der Waals surface area contributed by atoms with E-state index in [0.717, 1.165) is 22.8 Å². The predicted molar refractivity (Wildman–Crippen MR) is 68.8 cm³/mol. The summed E-state index contributed by atoms with van der Waals surface area (Å²) >= 11 is 3.39. The summed E-state index contributed by atoms with van der Waals surface area (Å²) in [7, 11) is 0. The number of anilines is 1. The van der Waals surface area contributed by atoms with Crippen LogP contribution in [0.5, 0.6) is 0 Å². The van der Waals surface area contributed by atoms with Crippen molar-refractivity contribution < 1.29 is 5.11 Å². The average Bonchev–Trinajstić information content (AvgIpc) is 2.24. The van der Waals surface area contributed by atoms with Gasteiger partial charge in [0.2, 0.25) is 0 Å². The zero-order valence-electron chi connectivity index (χ0n) is 9.94. The van der Waals surface area contributed by atoms with Crippen LogP contribution in [-0.2, 0) is 0 Å². The third-order valence-corrected chi connectivity index (χ3v) is 2.70. The van der Waals surface area contributed by atoms with Crippen LogP contribution in [0.15, 0.2) is 10.7 Å². The fraction of sp³-hybridized carbons (Fsp3) is 0.636. The van der Waals surface area contributed by atoms with Gasteiger partial charge in [-0.25, -0.2) is 9.97 Å². The number of hydrogen-bond donors (Lipinski definition) is 1. The van der Waals surface area contributed by atoms with Gasteiger partial charge in [0.05, 0.1) is 6.61 Å². The Hall–Kier alpha value is -0.680. The number of rotatable bonds is 5. The minimum absolute atomic E-state index is 0.131. The van der Waals surface area contributed by atoms with E-state index in [4.69, 9.17) is 5.11 Å². The summed E-state index contributed by atoms with van der Waals surface area (Å²) in [4.78, 5) is 10.8. The molecular formula is C11H18BrN3O. The fourth-order valence-corrected chi connectivity index (χ4v) is 1.78. The summed E-state index contributed by atoms with van der Waals surface area (Å²) in [6.07, 6.45) is 0. The van der Waals surface area contributed by atoms with E-state index in [1.165, 1.54) is 0 Å². The van der Waals surface area contributed by atoms with Crippen molar-refractivity contribution in [1.82, 2.24) is 9.97 Å². The summed E-state index contributed by atoms with van der Waals surface area (Å²) in [6.45, 7) is 7.72. The maximum atomic E-state index is 8.98. The van der Waals surface area contributed by atoms with Crippen molar-refractivity contribution >= 4 is 21.7 Å². The highest BCUT2D eigenvalue weighted by molar-refractivity contribution is 9.10. The topological polar surface area (TPSA) is 49.2 Å². The molecule has 1 aromatic heterocycles. The molecule has 1 aromatic rings. The standard InChI is InChI=1S/C11H18BrN3O/c1-4-15(5-6-16)10-7-9(12)13-11(14-10)8(2)3/h7-8,16H,4-6H2,1-3H3. The third kappa shape index (κ3) is 3.42. The first-order valence-electron chi connectivity index (χ1n) is 5.48. The molecule has 0 saturated heterocycles. The van der Waals surface area contributed by atoms with Crippen LogP contribution in [0.4, 0.5) is 5.82 Å². The molecule has 0 radical (unpaired) electrons. The molecule has 0 aliphatic rings. The number of nitrogens with zero attached hydrogens (tertiary/aromatic N) is 3. The van der Waals surface area contributed by atoms with Crippen LogP contribution < -0.4 is 4.90 Å². The molecule has 0 fully saturated rings. The van der Waals surface area contributed by atoms with Crippen LogP contribution in [0.3, 0.4) is 0 Å². The van der Waals surface area contributed by atoms with E-state index in [2.05, 4.69) is 39.7 Å². The van der Waals surface area contributed by atoms with Crippen molar-refractivity contribution in [3.05, 3.63) is 16.5 Å². The lowest BCUT2D eigenvalue weighted by Gasteiger charge is -2.21. The van der Waals surface area contributed by atoms with E-state index in [9.17, 15) is 0 Å². The predicted octanol–water partition coefficient (Wildman–Crippen LogP) is 2.18. The van der Waals surface area contributed by atoms with E-state index >= 15 is 0 Å². The Kier molecular flexibility index (Phi) is 5.15. The Morgan fingerprint density at radius 1 is 1.44 bits per heavy atom. The SMILES string of the molecule is CCN(CCO)c1cc(Br)nc(C(C)C)n1. The first-order valence-corrected chi connectivity index (χ1v) is 6.28. The molecule has 0 unspecified atom stereocenters. The van der Waals surface area contributed by atoms with Gasteiger partial charge in [0.25, 0.3) is 0 Å². The number of hydrogen-bond acceptors (Lipinski definition) is 4. The van der Waals surface area contributed by atoms with Crippen LogP contribution in [0.1, 0.15) is 32.5 Å². The molecule has 1 rings (SSSR count). The second-order valence-electron chi connectivity index (χ2n) is 3.87. The first-order chi connectivity index (χ1) is 7.58. The van der Waals surface area contributed by atoms with Gasteiger partial charge in [-0.1, -0.05) is 13.8 Å². The average molecular weight is 288 g/mol. The van der Waals surface area contributed by atoms with E-state index in [0.29, 0.717) is 12.5 Å². The Morgan fingerprint density at radius 3 is 2.62 bits per heavy atom. The molecule has 0 spiro atoms. The minimum Gasteiger partial charge on any atom is -0.395 e. The molecule has 0 aliphatic carbocycles. The van der Waals surface area contributed by atoms with Crippen LogP contribution >= 0.6 is 15.9 Å². The lowest BCUT2D eigenvalue weighted by atomic mass is 10.2. The number of halogens is 1. The molecule has 0 saturated carbocycles. The summed E-state index contributed by atoms with van der Waals surface area (Å²) in [5.41, 5.74) is 0. The molecule has 0 aliphatic heterocycles. The Balaban J connectivity index is 3.02. The van der Waals surface area contributed by atoms with Crippen molar-refractivity contribution in [2.75, 3.05) is 24.6 Å². The largest absolute Gasteiger partial charge is 0.395 e. The Morgan fingerprint density at radius 2 is 2.12 bits per heavy atom. The lowest BCUT2D eigenvalue weighted by molar-refractivity contribution is 0.302. The van der Waals surface area contributed by atoms with E-state index in [-0.39, 0.29) is 6.61 Å². The fourth-order valence-electron chi connectivity index (χ4n) is 1.40. The normalized spacial score (nSPS) is 10.9. The van der Waals surface area contributed by atoms with Gasteiger partial charge >= 0.3 is 0 Å². The molecular weight excluding hydrogens is 270 g/mol. The van der Waals surface area contributed by atoms with Crippen LogP contribution in [0.2, 0.25) is 0 Å². The van der Waals surface area contributed by atoms with Gasteiger partial charge in [-0.05, 0) is 22.9 Å². The van der Waals surface area contributed by atoms with Crippen molar-refractivity contribution in [1.29, 1.82) is 0 Å². The second kappa shape index (κ2) is 6.15. The molecule has 1 heterocycles. The molecule has 4 nitrogen and oxygen atoms in total. The van der Waals surface area contributed by atoms with Crippen molar-refractivity contribution in [2.45, 2.75) is 26.7 Å². The molecule has 0 amide bonds. The highest BCUT2D eigenvalue weighted by Crippen LogP contribution is 2.20. The Bertz CT molecular complexity index is 344. The molecule has 16 heavy (non-hydrogen) atoms. The van der Waals surface area contributed by atoms with E-state index in [1.54, 1.807) is 0 Å². The summed E-state index contributed by atoms with van der Waals surface area (Å²) in [6, 6.07) is 1.88. The van der Waals surface area contributed by atoms with Crippen LogP contribution in [0, 0.1) is 0 Å². The van der Waals surface area contributed by atoms with Gasteiger partial charge in [-0.3, -0.25) is 0 Å². The monoisotopic (exact) mass is 287 g/mol. The van der Waals surface area contributed by atoms with Gasteiger partial charge in [-0.2, -0.15) is 0 Å². The zero-order chi connectivity index (χ0) is 12.1. The summed E-state index contributed by atoms with van der Waals surface area (Å²) in [5, 5.41) is 8.98. The van der Waals surface area contributed by atoms with Crippen LogP contribution in [-0.4, -0.2) is 34.8 Å². The maximum absolute atomic E-state index is 8.98. The Labute approximate surface area is 105 Å². The first kappa shape index (κ1) is 13.4. The zero-order valence-corrected chi connectivity index (χ0v) is 11.5. The lowest BCUT2D eigenvalue weighted by Crippen LogP contribution is -2.27. The van der Waals surface area contributed by atoms with Gasteiger partial charge < -0.3 is 10.0 Å². The highest BCUT2D eigenvalue weighted by atomic mass is 79.9. The number of aliphatic hydroxyl groups is 1. The quantitative estimate of drug-likeness (QED) is 0.844. The summed E-state index contributed by atoms with van der Waals surface area (Å²) in [5.74, 6) is 1.98. The number of aromatic nitrogens is 2. The van der Waals surface area contributed by atoms with Gasteiger partial charge in [0.15, 0.2) is 0 Å². The van der Waals surface area contributed by atoms with Crippen molar-refractivity contribution in [3.8, 4) is 0 Å². The van der Waals surface area contributed by atoms with Gasteiger partial charge in [-0.15, -0.1) is 0 Å². The van der Waals surface area contributed by atoms with E-state index in [1.807, 2.05) is 17.9 Å². The summed E-state index contributed by atoms with van der Waals surface area (Å²) < 4.78 is 0.789. The van der Waals surface area contributed by atoms with E-state index < -0.39 is 0 Å². The number of aliphatic hydroxyl groups excluding tert-OH is 1. The molecule has 0 bridgehead atoms. The van der Waals surface area contributed by atoms with Crippen LogP contribution in [0.25, 0.3) is 0 Å². The maximum Gasteiger partial charge on any atom is 0.134 e. The van der Waals surface area contributed by atoms with Gasteiger partial charge in [0.1, 0.15) is 16.2 Å². The second-order valence-corrected chi connectivity index (χ2v) is 4.68.